The predicted octanol–water partition coefficient (Wildman–Crippen LogP) is 6.02. The predicted molar refractivity (Wildman–Crippen MR) is 91.3 cm³/mol. The molecule has 0 spiro atoms. The van der Waals surface area contributed by atoms with E-state index in [1.54, 1.807) is 11.3 Å². The summed E-state index contributed by atoms with van der Waals surface area (Å²) >= 11 is 15.1. The second-order valence-corrected chi connectivity index (χ2v) is 7.41. The molecule has 0 fully saturated rings. The summed E-state index contributed by atoms with van der Waals surface area (Å²) in [4.78, 5) is 1.17. The Bertz CT molecular complexity index is 536. The van der Waals surface area contributed by atoms with Crippen LogP contribution in [0.15, 0.2) is 38.6 Å². The van der Waals surface area contributed by atoms with E-state index in [4.69, 9.17) is 11.6 Å². The second kappa shape index (κ2) is 7.23. The zero-order valence-corrected chi connectivity index (χ0v) is 15.2. The molecule has 0 amide bonds. The summed E-state index contributed by atoms with van der Waals surface area (Å²) in [6.07, 6.45) is 1.09. The van der Waals surface area contributed by atoms with E-state index in [2.05, 4.69) is 56.2 Å². The maximum Gasteiger partial charge on any atom is 0.0686 e. The van der Waals surface area contributed by atoms with Gasteiger partial charge in [-0.25, -0.2) is 0 Å². The van der Waals surface area contributed by atoms with E-state index >= 15 is 0 Å². The minimum atomic E-state index is 0.140. The number of rotatable bonds is 5. The number of halogens is 3. The van der Waals surface area contributed by atoms with Crippen LogP contribution in [0.1, 0.15) is 29.8 Å². The quantitative estimate of drug-likeness (QED) is 0.620. The Kier molecular flexibility index (Phi) is 5.90. The number of thiophene rings is 1. The van der Waals surface area contributed by atoms with Crippen molar-refractivity contribution >= 4 is 54.8 Å². The first kappa shape index (κ1) is 15.5. The third kappa shape index (κ3) is 4.05. The highest BCUT2D eigenvalue weighted by Gasteiger charge is 2.18. The smallest absolute Gasteiger partial charge is 0.0686 e. The molecule has 1 atom stereocenters. The molecule has 5 heteroatoms. The summed E-state index contributed by atoms with van der Waals surface area (Å²) in [5.74, 6) is 0. The van der Waals surface area contributed by atoms with Crippen molar-refractivity contribution in [3.05, 3.63) is 54.1 Å². The van der Waals surface area contributed by atoms with Gasteiger partial charge in [0.05, 0.1) is 11.1 Å². The number of hydrogen-bond donors (Lipinski definition) is 1. The van der Waals surface area contributed by atoms with Crippen LogP contribution in [0.4, 0.5) is 0 Å². The zero-order valence-electron chi connectivity index (χ0n) is 10.4. The highest BCUT2D eigenvalue weighted by Crippen LogP contribution is 2.35. The van der Waals surface area contributed by atoms with Crippen LogP contribution in [-0.2, 0) is 0 Å². The van der Waals surface area contributed by atoms with Crippen LogP contribution in [0, 0.1) is 0 Å². The summed E-state index contributed by atoms with van der Waals surface area (Å²) in [5, 5.41) is 6.43. The molecule has 2 rings (SSSR count). The molecule has 0 bridgehead atoms. The molecule has 1 heterocycles. The fraction of sp³-hybridized carbons (Fsp3) is 0.286. The number of nitrogens with one attached hydrogen (secondary N) is 1. The first-order chi connectivity index (χ1) is 9.11. The van der Waals surface area contributed by atoms with E-state index in [1.165, 1.54) is 10.4 Å². The first-order valence-corrected chi connectivity index (χ1v) is 8.88. The Labute approximate surface area is 139 Å². The van der Waals surface area contributed by atoms with E-state index in [0.717, 1.165) is 26.9 Å². The monoisotopic (exact) mass is 421 g/mol. The van der Waals surface area contributed by atoms with Crippen LogP contribution in [0.25, 0.3) is 0 Å². The van der Waals surface area contributed by atoms with E-state index in [1.807, 2.05) is 17.5 Å². The average molecular weight is 424 g/mol. The zero-order chi connectivity index (χ0) is 13.8. The molecule has 0 aliphatic carbocycles. The fourth-order valence-corrected chi connectivity index (χ4v) is 4.50. The third-order valence-electron chi connectivity index (χ3n) is 2.72. The fourth-order valence-electron chi connectivity index (χ4n) is 1.90. The summed E-state index contributed by atoms with van der Waals surface area (Å²) < 4.78 is 2.13. The molecule has 0 saturated heterocycles. The standard InChI is InChI=1S/C14H14Br2ClNS/c1-2-4-18-13(14-12(17)3-5-19-14)9-6-10(15)8-11(16)7-9/h3,5-8,13,18H,2,4H2,1H3. The van der Waals surface area contributed by atoms with Gasteiger partial charge in [0.25, 0.3) is 0 Å². The molecule has 1 aromatic heterocycles. The number of benzene rings is 1. The lowest BCUT2D eigenvalue weighted by molar-refractivity contribution is 0.605. The summed E-state index contributed by atoms with van der Waals surface area (Å²) in [6.45, 7) is 3.12. The topological polar surface area (TPSA) is 12.0 Å². The van der Waals surface area contributed by atoms with Crippen molar-refractivity contribution < 1.29 is 0 Å². The Morgan fingerprint density at radius 3 is 2.47 bits per heavy atom. The Morgan fingerprint density at radius 1 is 1.26 bits per heavy atom. The SMILES string of the molecule is CCCNC(c1cc(Br)cc(Br)c1)c1sccc1Cl. The third-order valence-corrected chi connectivity index (χ3v) is 5.06. The van der Waals surface area contributed by atoms with E-state index in [0.29, 0.717) is 0 Å². The van der Waals surface area contributed by atoms with Gasteiger partial charge in [0.2, 0.25) is 0 Å². The van der Waals surface area contributed by atoms with Crippen molar-refractivity contribution in [2.45, 2.75) is 19.4 Å². The molecule has 0 saturated carbocycles. The van der Waals surface area contributed by atoms with Crippen LogP contribution in [-0.4, -0.2) is 6.54 Å². The number of hydrogen-bond acceptors (Lipinski definition) is 2. The molecular formula is C14H14Br2ClNS. The molecule has 0 aliphatic heterocycles. The highest BCUT2D eigenvalue weighted by molar-refractivity contribution is 9.11. The van der Waals surface area contributed by atoms with Gasteiger partial charge >= 0.3 is 0 Å². The lowest BCUT2D eigenvalue weighted by Gasteiger charge is -2.19. The molecule has 1 nitrogen and oxygen atoms in total. The van der Waals surface area contributed by atoms with Gasteiger partial charge in [-0.05, 0) is 48.2 Å². The van der Waals surface area contributed by atoms with Crippen molar-refractivity contribution in [3.63, 3.8) is 0 Å². The van der Waals surface area contributed by atoms with E-state index in [-0.39, 0.29) is 6.04 Å². The van der Waals surface area contributed by atoms with Gasteiger partial charge in [-0.1, -0.05) is 50.4 Å². The van der Waals surface area contributed by atoms with Crippen molar-refractivity contribution in [1.82, 2.24) is 5.32 Å². The minimum Gasteiger partial charge on any atom is -0.306 e. The van der Waals surface area contributed by atoms with Crippen molar-refractivity contribution in [2.75, 3.05) is 6.54 Å². The Hall–Kier alpha value is 0.130. The second-order valence-electron chi connectivity index (χ2n) is 4.22. The molecular weight excluding hydrogens is 409 g/mol. The Morgan fingerprint density at radius 2 is 1.95 bits per heavy atom. The van der Waals surface area contributed by atoms with Crippen LogP contribution >= 0.6 is 54.8 Å². The van der Waals surface area contributed by atoms with Crippen LogP contribution < -0.4 is 5.32 Å². The van der Waals surface area contributed by atoms with E-state index in [9.17, 15) is 0 Å². The van der Waals surface area contributed by atoms with Gasteiger partial charge in [0, 0.05) is 13.8 Å². The molecule has 102 valence electrons. The van der Waals surface area contributed by atoms with Gasteiger partial charge < -0.3 is 5.32 Å². The normalized spacial score (nSPS) is 12.6. The average Bonchev–Trinajstić information content (AvgIpc) is 2.75. The van der Waals surface area contributed by atoms with Crippen molar-refractivity contribution in [3.8, 4) is 0 Å². The molecule has 1 unspecified atom stereocenters. The molecule has 1 N–H and O–H groups in total. The highest BCUT2D eigenvalue weighted by atomic mass is 79.9. The molecule has 19 heavy (non-hydrogen) atoms. The maximum absolute atomic E-state index is 6.29. The molecule has 0 aliphatic rings. The van der Waals surface area contributed by atoms with Crippen LogP contribution in [0.3, 0.4) is 0 Å². The minimum absolute atomic E-state index is 0.140. The molecule has 0 radical (unpaired) electrons. The van der Waals surface area contributed by atoms with Gasteiger partial charge in [0.15, 0.2) is 0 Å². The summed E-state index contributed by atoms with van der Waals surface area (Å²) in [6, 6.07) is 8.40. The van der Waals surface area contributed by atoms with Gasteiger partial charge in [0.1, 0.15) is 0 Å². The van der Waals surface area contributed by atoms with Gasteiger partial charge in [-0.2, -0.15) is 0 Å². The van der Waals surface area contributed by atoms with E-state index < -0.39 is 0 Å². The maximum atomic E-state index is 6.29. The lowest BCUT2D eigenvalue weighted by Crippen LogP contribution is -2.22. The Balaban J connectivity index is 2.39. The van der Waals surface area contributed by atoms with Crippen LogP contribution in [0.2, 0.25) is 5.02 Å². The van der Waals surface area contributed by atoms with Crippen molar-refractivity contribution in [2.24, 2.45) is 0 Å². The summed E-state index contributed by atoms with van der Waals surface area (Å²) in [7, 11) is 0. The molecule has 2 aromatic rings. The summed E-state index contributed by atoms with van der Waals surface area (Å²) in [5.41, 5.74) is 1.21. The largest absolute Gasteiger partial charge is 0.306 e. The van der Waals surface area contributed by atoms with Gasteiger partial charge in [-0.15, -0.1) is 11.3 Å². The van der Waals surface area contributed by atoms with Crippen LogP contribution in [0.5, 0.6) is 0 Å². The lowest BCUT2D eigenvalue weighted by atomic mass is 10.1. The van der Waals surface area contributed by atoms with Crippen molar-refractivity contribution in [1.29, 1.82) is 0 Å². The first-order valence-electron chi connectivity index (χ1n) is 6.04. The molecule has 1 aromatic carbocycles. The van der Waals surface area contributed by atoms with Gasteiger partial charge in [-0.3, -0.25) is 0 Å².